The molecule has 0 aliphatic rings. The number of hydrogen-bond acceptors (Lipinski definition) is 7. The highest BCUT2D eigenvalue weighted by atomic mass is 19.4. The van der Waals surface area contributed by atoms with E-state index in [1.807, 2.05) is 0 Å². The predicted octanol–water partition coefficient (Wildman–Crippen LogP) is 3.90. The first-order valence-corrected chi connectivity index (χ1v) is 8.13. The van der Waals surface area contributed by atoms with Gasteiger partial charge in [-0.1, -0.05) is 17.3 Å². The lowest BCUT2D eigenvalue weighted by atomic mass is 10.1. The monoisotopic (exact) mass is 406 g/mol. The third-order valence-electron chi connectivity index (χ3n) is 3.78. The maximum absolute atomic E-state index is 12.8. The Morgan fingerprint density at radius 2 is 1.69 bits per heavy atom. The van der Waals surface area contributed by atoms with Gasteiger partial charge in [0.05, 0.1) is 23.8 Å². The summed E-state index contributed by atoms with van der Waals surface area (Å²) in [6.45, 7) is -0.371. The minimum absolute atomic E-state index is 0.0652. The van der Waals surface area contributed by atoms with Crippen LogP contribution < -0.4 is 0 Å². The van der Waals surface area contributed by atoms with Gasteiger partial charge in [0.1, 0.15) is 0 Å². The van der Waals surface area contributed by atoms with Crippen LogP contribution in [0.3, 0.4) is 0 Å². The number of nitrogens with zero attached hydrogens (tertiary/aromatic N) is 2. The number of rotatable bonds is 5. The van der Waals surface area contributed by atoms with Gasteiger partial charge in [0.25, 0.3) is 5.89 Å². The Labute approximate surface area is 162 Å². The van der Waals surface area contributed by atoms with E-state index in [0.29, 0.717) is 0 Å². The molecule has 1 aromatic heterocycles. The molecule has 2 aromatic carbocycles. The first-order chi connectivity index (χ1) is 13.8. The largest absolute Gasteiger partial charge is 0.465 e. The van der Waals surface area contributed by atoms with Crippen molar-refractivity contribution in [3.05, 3.63) is 71.1 Å². The highest BCUT2D eigenvalue weighted by molar-refractivity contribution is 5.93. The number of carbonyl (C=O) groups excluding carboxylic acids is 2. The number of aromatic nitrogens is 2. The van der Waals surface area contributed by atoms with E-state index in [0.717, 1.165) is 12.1 Å². The number of alkyl halides is 3. The molecule has 10 heteroatoms. The van der Waals surface area contributed by atoms with Gasteiger partial charge in [-0.2, -0.15) is 18.2 Å². The van der Waals surface area contributed by atoms with Crippen molar-refractivity contribution in [2.24, 2.45) is 0 Å². The molecule has 0 atom stereocenters. The van der Waals surface area contributed by atoms with Crippen LogP contribution in [-0.2, 0) is 22.3 Å². The van der Waals surface area contributed by atoms with E-state index in [4.69, 9.17) is 9.26 Å². The van der Waals surface area contributed by atoms with Crippen molar-refractivity contribution in [3.63, 3.8) is 0 Å². The summed E-state index contributed by atoms with van der Waals surface area (Å²) in [6, 6.07) is 10.0. The molecule has 0 aliphatic heterocycles. The van der Waals surface area contributed by atoms with Gasteiger partial charge in [-0.25, -0.2) is 9.59 Å². The molecule has 0 unspecified atom stereocenters. The SMILES string of the molecule is COC(=O)c1ccc(C(=O)OCc2nc(-c3cccc(C(F)(F)F)c3)no2)cc1. The van der Waals surface area contributed by atoms with Gasteiger partial charge in [-0.3, -0.25) is 0 Å². The van der Waals surface area contributed by atoms with Gasteiger partial charge in [0.2, 0.25) is 5.82 Å². The van der Waals surface area contributed by atoms with E-state index in [-0.39, 0.29) is 35.0 Å². The molecule has 0 amide bonds. The molecule has 7 nitrogen and oxygen atoms in total. The molecule has 1 heterocycles. The van der Waals surface area contributed by atoms with Crippen LogP contribution in [0.2, 0.25) is 0 Å². The third-order valence-corrected chi connectivity index (χ3v) is 3.78. The number of carbonyl (C=O) groups is 2. The Morgan fingerprint density at radius 1 is 1.03 bits per heavy atom. The molecule has 0 spiro atoms. The maximum Gasteiger partial charge on any atom is 0.416 e. The maximum atomic E-state index is 12.8. The van der Waals surface area contributed by atoms with Crippen molar-refractivity contribution >= 4 is 11.9 Å². The first kappa shape index (κ1) is 20.1. The van der Waals surface area contributed by atoms with Crippen LogP contribution in [0, 0.1) is 0 Å². The third kappa shape index (κ3) is 4.78. The Kier molecular flexibility index (Phi) is 5.62. The zero-order valence-corrected chi connectivity index (χ0v) is 14.9. The van der Waals surface area contributed by atoms with E-state index >= 15 is 0 Å². The summed E-state index contributed by atoms with van der Waals surface area (Å²) in [5, 5.41) is 3.60. The van der Waals surface area contributed by atoms with Crippen LogP contribution in [0.1, 0.15) is 32.2 Å². The molecule has 0 fully saturated rings. The van der Waals surface area contributed by atoms with Crippen LogP contribution >= 0.6 is 0 Å². The average molecular weight is 406 g/mol. The van der Waals surface area contributed by atoms with Crippen LogP contribution in [-0.4, -0.2) is 29.2 Å². The number of methoxy groups -OCH3 is 1. The van der Waals surface area contributed by atoms with E-state index in [1.165, 1.54) is 43.5 Å². The van der Waals surface area contributed by atoms with E-state index < -0.39 is 23.7 Å². The average Bonchev–Trinajstić information content (AvgIpc) is 3.20. The molecule has 3 rings (SSSR count). The second kappa shape index (κ2) is 8.13. The molecule has 0 N–H and O–H groups in total. The smallest absolute Gasteiger partial charge is 0.416 e. The Morgan fingerprint density at radius 3 is 2.31 bits per heavy atom. The van der Waals surface area contributed by atoms with Gasteiger partial charge in [-0.05, 0) is 36.4 Å². The lowest BCUT2D eigenvalue weighted by molar-refractivity contribution is -0.137. The second-order valence-electron chi connectivity index (χ2n) is 5.74. The zero-order valence-electron chi connectivity index (χ0n) is 14.9. The van der Waals surface area contributed by atoms with Gasteiger partial charge >= 0.3 is 18.1 Å². The fourth-order valence-electron chi connectivity index (χ4n) is 2.34. The molecule has 29 heavy (non-hydrogen) atoms. The van der Waals surface area contributed by atoms with Crippen LogP contribution in [0.5, 0.6) is 0 Å². The molecule has 3 aromatic rings. The number of hydrogen-bond donors (Lipinski definition) is 0. The lowest BCUT2D eigenvalue weighted by Gasteiger charge is -2.06. The standard InChI is InChI=1S/C19H13F3N2O5/c1-27-17(25)11-5-7-12(8-6-11)18(26)28-10-15-23-16(24-29-15)13-3-2-4-14(9-13)19(20,21)22/h2-9H,10H2,1H3. The van der Waals surface area contributed by atoms with Crippen molar-refractivity contribution in [2.45, 2.75) is 12.8 Å². The van der Waals surface area contributed by atoms with Crippen molar-refractivity contribution in [1.82, 2.24) is 10.1 Å². The van der Waals surface area contributed by atoms with E-state index in [2.05, 4.69) is 14.9 Å². The summed E-state index contributed by atoms with van der Waals surface area (Å²) in [5.74, 6) is -1.40. The van der Waals surface area contributed by atoms with Gasteiger partial charge in [0, 0.05) is 5.56 Å². The van der Waals surface area contributed by atoms with Crippen molar-refractivity contribution < 1.29 is 36.8 Å². The van der Waals surface area contributed by atoms with E-state index in [1.54, 1.807) is 0 Å². The quantitative estimate of drug-likeness (QED) is 0.594. The fraction of sp³-hybridized carbons (Fsp3) is 0.158. The molecular weight excluding hydrogens is 393 g/mol. The number of benzene rings is 2. The predicted molar refractivity (Wildman–Crippen MR) is 91.6 cm³/mol. The molecule has 0 aliphatic carbocycles. The van der Waals surface area contributed by atoms with Crippen LogP contribution in [0.15, 0.2) is 53.1 Å². The molecule has 0 radical (unpaired) electrons. The van der Waals surface area contributed by atoms with Gasteiger partial charge in [-0.15, -0.1) is 0 Å². The molecule has 0 saturated heterocycles. The summed E-state index contributed by atoms with van der Waals surface area (Å²) in [7, 11) is 1.24. The molecule has 150 valence electrons. The van der Waals surface area contributed by atoms with Gasteiger partial charge in [0.15, 0.2) is 6.61 Å². The van der Waals surface area contributed by atoms with Crippen molar-refractivity contribution in [3.8, 4) is 11.4 Å². The molecular formula is C19H13F3N2O5. The van der Waals surface area contributed by atoms with E-state index in [9.17, 15) is 22.8 Å². The lowest BCUT2D eigenvalue weighted by Crippen LogP contribution is -2.07. The molecule has 0 bridgehead atoms. The minimum Gasteiger partial charge on any atom is -0.465 e. The number of ether oxygens (including phenoxy) is 2. The minimum atomic E-state index is -4.50. The number of halogens is 3. The Balaban J connectivity index is 1.65. The summed E-state index contributed by atoms with van der Waals surface area (Å²) in [5.41, 5.74) is -0.287. The second-order valence-corrected chi connectivity index (χ2v) is 5.74. The van der Waals surface area contributed by atoms with Crippen LogP contribution in [0.4, 0.5) is 13.2 Å². The summed E-state index contributed by atoms with van der Waals surface area (Å²) < 4.78 is 52.9. The Bertz CT molecular complexity index is 1030. The Hall–Kier alpha value is -3.69. The fourth-order valence-corrected chi connectivity index (χ4v) is 2.34. The van der Waals surface area contributed by atoms with Crippen molar-refractivity contribution in [2.75, 3.05) is 7.11 Å². The van der Waals surface area contributed by atoms with Crippen LogP contribution in [0.25, 0.3) is 11.4 Å². The summed E-state index contributed by atoms with van der Waals surface area (Å²) in [4.78, 5) is 27.4. The topological polar surface area (TPSA) is 91.5 Å². The van der Waals surface area contributed by atoms with Gasteiger partial charge < -0.3 is 14.0 Å². The first-order valence-electron chi connectivity index (χ1n) is 8.13. The summed E-state index contributed by atoms with van der Waals surface area (Å²) in [6.07, 6.45) is -4.50. The number of esters is 2. The normalized spacial score (nSPS) is 11.2. The molecule has 0 saturated carbocycles. The zero-order chi connectivity index (χ0) is 21.0. The highest BCUT2D eigenvalue weighted by Gasteiger charge is 2.30. The summed E-state index contributed by atoms with van der Waals surface area (Å²) >= 11 is 0. The van der Waals surface area contributed by atoms with Crippen molar-refractivity contribution in [1.29, 1.82) is 0 Å². The highest BCUT2D eigenvalue weighted by Crippen LogP contribution is 2.31.